The van der Waals surface area contributed by atoms with E-state index in [0.717, 1.165) is 17.4 Å². The molecule has 0 aliphatic heterocycles. The van der Waals surface area contributed by atoms with Crippen molar-refractivity contribution in [2.45, 2.75) is 6.61 Å². The molecule has 0 radical (unpaired) electrons. The van der Waals surface area contributed by atoms with Crippen molar-refractivity contribution in [1.29, 1.82) is 0 Å². The number of ether oxygens (including phenoxy) is 1. The first-order chi connectivity index (χ1) is 9.51. The van der Waals surface area contributed by atoms with Crippen molar-refractivity contribution < 1.29 is 18.3 Å². The number of halogens is 3. The molecule has 1 aromatic carbocycles. The van der Waals surface area contributed by atoms with E-state index in [2.05, 4.69) is 15.9 Å². The van der Waals surface area contributed by atoms with E-state index in [1.807, 2.05) is 5.43 Å². The highest BCUT2D eigenvalue weighted by Gasteiger charge is 2.13. The highest BCUT2D eigenvalue weighted by Crippen LogP contribution is 2.27. The maximum atomic E-state index is 13.5. The fourth-order valence-electron chi connectivity index (χ4n) is 1.43. The van der Waals surface area contributed by atoms with Crippen molar-refractivity contribution in [3.8, 4) is 5.75 Å². The van der Waals surface area contributed by atoms with Crippen LogP contribution >= 0.6 is 27.3 Å². The molecule has 1 aromatic heterocycles. The van der Waals surface area contributed by atoms with Crippen LogP contribution in [0.5, 0.6) is 5.75 Å². The van der Waals surface area contributed by atoms with Crippen LogP contribution in [0.25, 0.3) is 0 Å². The smallest absolute Gasteiger partial charge is 0.275 e. The summed E-state index contributed by atoms with van der Waals surface area (Å²) in [4.78, 5) is 12.4. The van der Waals surface area contributed by atoms with Gasteiger partial charge in [0.15, 0.2) is 11.6 Å². The Kier molecular flexibility index (Phi) is 4.69. The third-order valence-corrected chi connectivity index (χ3v) is 3.86. The zero-order chi connectivity index (χ0) is 14.7. The maximum absolute atomic E-state index is 13.5. The van der Waals surface area contributed by atoms with Crippen molar-refractivity contribution in [3.63, 3.8) is 0 Å². The Hall–Kier alpha value is -1.51. The SMILES string of the molecule is NNC(=O)c1ccc(COc2cc(Br)cc(F)c2F)s1. The minimum absolute atomic E-state index is 0.0231. The Balaban J connectivity index is 2.09. The van der Waals surface area contributed by atoms with Gasteiger partial charge in [-0.2, -0.15) is 4.39 Å². The molecule has 3 N–H and O–H groups in total. The van der Waals surface area contributed by atoms with Crippen LogP contribution in [0.3, 0.4) is 0 Å². The average molecular weight is 363 g/mol. The van der Waals surface area contributed by atoms with Gasteiger partial charge in [-0.3, -0.25) is 10.2 Å². The predicted octanol–water partition coefficient (Wildman–Crippen LogP) is 2.97. The standard InChI is InChI=1S/C12H9BrF2N2O2S/c13-6-3-8(14)11(15)9(4-6)19-5-7-1-2-10(20-7)12(18)17-16/h1-4H,5,16H2,(H,17,18). The molecule has 0 atom stereocenters. The lowest BCUT2D eigenvalue weighted by Crippen LogP contribution is -2.29. The van der Waals surface area contributed by atoms with E-state index in [-0.39, 0.29) is 12.4 Å². The summed E-state index contributed by atoms with van der Waals surface area (Å²) in [6, 6.07) is 5.57. The monoisotopic (exact) mass is 362 g/mol. The number of nitrogen functional groups attached to an aromatic ring is 1. The van der Waals surface area contributed by atoms with Gasteiger partial charge in [-0.25, -0.2) is 10.2 Å². The molecule has 2 rings (SSSR count). The van der Waals surface area contributed by atoms with Crippen molar-refractivity contribution in [3.05, 3.63) is 50.1 Å². The highest BCUT2D eigenvalue weighted by molar-refractivity contribution is 9.10. The summed E-state index contributed by atoms with van der Waals surface area (Å²) < 4.78 is 32.2. The van der Waals surface area contributed by atoms with Gasteiger partial charge in [-0.05, 0) is 24.3 Å². The van der Waals surface area contributed by atoms with Crippen LogP contribution < -0.4 is 16.0 Å². The van der Waals surface area contributed by atoms with Gasteiger partial charge in [0.25, 0.3) is 5.91 Å². The van der Waals surface area contributed by atoms with Crippen molar-refractivity contribution >= 4 is 33.2 Å². The Labute approximate surface area is 125 Å². The summed E-state index contributed by atoms with van der Waals surface area (Å²) in [6.07, 6.45) is 0. The summed E-state index contributed by atoms with van der Waals surface area (Å²) >= 11 is 4.21. The van der Waals surface area contributed by atoms with Gasteiger partial charge in [0.05, 0.1) is 4.88 Å². The number of nitrogens with two attached hydrogens (primary N) is 1. The minimum Gasteiger partial charge on any atom is -0.485 e. The van der Waals surface area contributed by atoms with E-state index in [4.69, 9.17) is 10.6 Å². The van der Waals surface area contributed by atoms with Gasteiger partial charge in [0, 0.05) is 9.35 Å². The van der Waals surface area contributed by atoms with Gasteiger partial charge in [0.1, 0.15) is 6.61 Å². The number of hydrogen-bond acceptors (Lipinski definition) is 4. The second kappa shape index (κ2) is 6.29. The van der Waals surface area contributed by atoms with Gasteiger partial charge in [-0.15, -0.1) is 11.3 Å². The van der Waals surface area contributed by atoms with Crippen LogP contribution in [0, 0.1) is 11.6 Å². The number of thiophene rings is 1. The normalized spacial score (nSPS) is 10.4. The fraction of sp³-hybridized carbons (Fsp3) is 0.0833. The molecular weight excluding hydrogens is 354 g/mol. The lowest BCUT2D eigenvalue weighted by atomic mass is 10.3. The Morgan fingerprint density at radius 2 is 2.15 bits per heavy atom. The van der Waals surface area contributed by atoms with Crippen LogP contribution in [0.4, 0.5) is 8.78 Å². The van der Waals surface area contributed by atoms with E-state index < -0.39 is 17.5 Å². The van der Waals surface area contributed by atoms with Crippen LogP contribution in [0.15, 0.2) is 28.7 Å². The lowest BCUT2D eigenvalue weighted by molar-refractivity contribution is 0.0957. The predicted molar refractivity (Wildman–Crippen MR) is 74.4 cm³/mol. The molecule has 0 aliphatic carbocycles. The molecule has 20 heavy (non-hydrogen) atoms. The third-order valence-electron chi connectivity index (χ3n) is 2.35. The molecule has 4 nitrogen and oxygen atoms in total. The Morgan fingerprint density at radius 3 is 2.85 bits per heavy atom. The average Bonchev–Trinajstić information content (AvgIpc) is 2.89. The number of nitrogens with one attached hydrogen (secondary N) is 1. The number of benzene rings is 1. The summed E-state index contributed by atoms with van der Waals surface area (Å²) in [7, 11) is 0. The van der Waals surface area contributed by atoms with Crippen molar-refractivity contribution in [1.82, 2.24) is 5.43 Å². The van der Waals surface area contributed by atoms with E-state index in [1.165, 1.54) is 6.07 Å². The summed E-state index contributed by atoms with van der Waals surface area (Å²) in [5.74, 6) is 2.35. The van der Waals surface area contributed by atoms with Crippen LogP contribution in [-0.4, -0.2) is 5.91 Å². The topological polar surface area (TPSA) is 64.3 Å². The number of hydrazine groups is 1. The summed E-state index contributed by atoms with van der Waals surface area (Å²) in [6.45, 7) is 0.0231. The zero-order valence-electron chi connectivity index (χ0n) is 9.95. The molecule has 0 spiro atoms. The fourth-order valence-corrected chi connectivity index (χ4v) is 2.67. The van der Waals surface area contributed by atoms with Crippen LogP contribution in [-0.2, 0) is 6.61 Å². The van der Waals surface area contributed by atoms with Gasteiger partial charge < -0.3 is 4.74 Å². The quantitative estimate of drug-likeness (QED) is 0.380. The van der Waals surface area contributed by atoms with Crippen LogP contribution in [0.1, 0.15) is 14.5 Å². The first kappa shape index (κ1) is 14.9. The second-order valence-corrected chi connectivity index (χ2v) is 5.81. The molecule has 1 heterocycles. The van der Waals surface area contributed by atoms with E-state index in [9.17, 15) is 13.6 Å². The number of rotatable bonds is 4. The van der Waals surface area contributed by atoms with Crippen molar-refractivity contribution in [2.75, 3.05) is 0 Å². The molecule has 0 fully saturated rings. The molecule has 2 aromatic rings. The molecule has 0 aliphatic rings. The zero-order valence-corrected chi connectivity index (χ0v) is 12.4. The van der Waals surface area contributed by atoms with Gasteiger partial charge in [-0.1, -0.05) is 15.9 Å². The first-order valence-electron chi connectivity index (χ1n) is 5.38. The third kappa shape index (κ3) is 3.33. The highest BCUT2D eigenvalue weighted by atomic mass is 79.9. The molecule has 0 saturated carbocycles. The number of carbonyl (C=O) groups is 1. The second-order valence-electron chi connectivity index (χ2n) is 3.73. The Bertz CT molecular complexity index is 648. The van der Waals surface area contributed by atoms with Crippen molar-refractivity contribution in [2.24, 2.45) is 5.84 Å². The first-order valence-corrected chi connectivity index (χ1v) is 6.99. The largest absolute Gasteiger partial charge is 0.485 e. The maximum Gasteiger partial charge on any atom is 0.275 e. The summed E-state index contributed by atoms with van der Waals surface area (Å²) in [5, 5.41) is 0. The molecule has 0 unspecified atom stereocenters. The summed E-state index contributed by atoms with van der Waals surface area (Å²) in [5.41, 5.74) is 2.01. The molecule has 8 heteroatoms. The molecule has 106 valence electrons. The van der Waals surface area contributed by atoms with Crippen LogP contribution in [0.2, 0.25) is 0 Å². The number of carbonyl (C=O) groups excluding carboxylic acids is 1. The molecule has 1 amide bonds. The Morgan fingerprint density at radius 1 is 1.40 bits per heavy atom. The number of amides is 1. The molecule has 0 saturated heterocycles. The molecule has 0 bridgehead atoms. The lowest BCUT2D eigenvalue weighted by Gasteiger charge is -2.07. The minimum atomic E-state index is -1.05. The van der Waals surface area contributed by atoms with Gasteiger partial charge >= 0.3 is 0 Å². The van der Waals surface area contributed by atoms with E-state index in [0.29, 0.717) is 14.2 Å². The van der Waals surface area contributed by atoms with Gasteiger partial charge in [0.2, 0.25) is 5.82 Å². The molecular formula is C12H9BrF2N2O2S. The van der Waals surface area contributed by atoms with E-state index in [1.54, 1.807) is 12.1 Å². The van der Waals surface area contributed by atoms with E-state index >= 15 is 0 Å². The number of hydrogen-bond donors (Lipinski definition) is 2.